The first-order valence-corrected chi connectivity index (χ1v) is 13.0. The predicted octanol–water partition coefficient (Wildman–Crippen LogP) is 6.69. The molecule has 36 heavy (non-hydrogen) atoms. The summed E-state index contributed by atoms with van der Waals surface area (Å²) in [5.74, 6) is 2.51. The number of aryl methyl sites for hydroxylation is 2. The van der Waals surface area contributed by atoms with Crippen LogP contribution in [-0.4, -0.2) is 28.6 Å². The molecule has 0 spiro atoms. The van der Waals surface area contributed by atoms with E-state index in [4.69, 9.17) is 9.72 Å². The van der Waals surface area contributed by atoms with Crippen LogP contribution in [0.15, 0.2) is 72.8 Å². The van der Waals surface area contributed by atoms with E-state index in [1.807, 2.05) is 37.3 Å². The molecule has 0 unspecified atom stereocenters. The number of nitrogens with zero attached hydrogens (tertiary/aromatic N) is 2. The Kier molecular flexibility index (Phi) is 8.77. The average molecular weight is 484 g/mol. The van der Waals surface area contributed by atoms with Crippen LogP contribution < -0.4 is 10.1 Å². The van der Waals surface area contributed by atoms with Crippen LogP contribution >= 0.6 is 0 Å². The fraction of sp³-hybridized carbons (Fsp3) is 0.355. The lowest BCUT2D eigenvalue weighted by atomic mass is 10.0. The molecular weight excluding hydrogens is 446 g/mol. The number of benzene rings is 3. The molecule has 1 amide bonds. The van der Waals surface area contributed by atoms with Crippen LogP contribution in [-0.2, 0) is 13.0 Å². The molecule has 0 fully saturated rings. The molecule has 0 saturated heterocycles. The summed E-state index contributed by atoms with van der Waals surface area (Å²) >= 11 is 0. The van der Waals surface area contributed by atoms with Gasteiger partial charge in [-0.15, -0.1) is 0 Å². The lowest BCUT2D eigenvalue weighted by Crippen LogP contribution is -2.24. The van der Waals surface area contributed by atoms with Gasteiger partial charge in [-0.05, 0) is 67.6 Å². The largest absolute Gasteiger partial charge is 0.492 e. The van der Waals surface area contributed by atoms with Crippen LogP contribution in [0.5, 0.6) is 5.75 Å². The maximum Gasteiger partial charge on any atom is 0.251 e. The van der Waals surface area contributed by atoms with Crippen molar-refractivity contribution in [1.29, 1.82) is 0 Å². The van der Waals surface area contributed by atoms with Crippen molar-refractivity contribution in [2.75, 3.05) is 13.2 Å². The van der Waals surface area contributed by atoms with Crippen LogP contribution in [0.3, 0.4) is 0 Å². The van der Waals surface area contributed by atoms with Gasteiger partial charge in [0.25, 0.3) is 5.91 Å². The van der Waals surface area contributed by atoms with Gasteiger partial charge in [-0.25, -0.2) is 4.98 Å². The van der Waals surface area contributed by atoms with Crippen molar-refractivity contribution in [3.05, 3.63) is 95.3 Å². The van der Waals surface area contributed by atoms with E-state index >= 15 is 0 Å². The number of carbonyl (C=O) groups is 1. The number of ether oxygens (including phenoxy) is 1. The Morgan fingerprint density at radius 2 is 1.78 bits per heavy atom. The van der Waals surface area contributed by atoms with Crippen molar-refractivity contribution in [3.63, 3.8) is 0 Å². The van der Waals surface area contributed by atoms with Crippen molar-refractivity contribution in [1.82, 2.24) is 14.9 Å². The van der Waals surface area contributed by atoms with Gasteiger partial charge in [-0.1, -0.05) is 62.2 Å². The second-order valence-electron chi connectivity index (χ2n) is 9.68. The van der Waals surface area contributed by atoms with E-state index in [9.17, 15) is 4.79 Å². The lowest BCUT2D eigenvalue weighted by Gasteiger charge is -2.12. The number of imidazole rings is 1. The van der Waals surface area contributed by atoms with Crippen molar-refractivity contribution in [2.24, 2.45) is 0 Å². The van der Waals surface area contributed by atoms with Crippen LogP contribution in [0.25, 0.3) is 11.0 Å². The second kappa shape index (κ2) is 12.4. The summed E-state index contributed by atoms with van der Waals surface area (Å²) < 4.78 is 8.34. The molecule has 5 heteroatoms. The summed E-state index contributed by atoms with van der Waals surface area (Å²) in [7, 11) is 0. The Balaban J connectivity index is 1.27. The zero-order valence-corrected chi connectivity index (χ0v) is 21.7. The number of para-hydroxylation sites is 2. The first kappa shape index (κ1) is 25.5. The minimum atomic E-state index is -0.000613. The zero-order chi connectivity index (χ0) is 25.3. The van der Waals surface area contributed by atoms with Crippen LogP contribution in [0.2, 0.25) is 0 Å². The van der Waals surface area contributed by atoms with Gasteiger partial charge < -0.3 is 14.6 Å². The number of hydrogen-bond acceptors (Lipinski definition) is 3. The second-order valence-corrected chi connectivity index (χ2v) is 9.68. The zero-order valence-electron chi connectivity index (χ0n) is 21.7. The number of hydrogen-bond donors (Lipinski definition) is 1. The maximum absolute atomic E-state index is 12.3. The third-order valence-corrected chi connectivity index (χ3v) is 6.51. The Morgan fingerprint density at radius 1 is 0.972 bits per heavy atom. The van der Waals surface area contributed by atoms with E-state index in [2.05, 4.69) is 66.2 Å². The average Bonchev–Trinajstić information content (AvgIpc) is 3.23. The first-order valence-electron chi connectivity index (χ1n) is 13.0. The van der Waals surface area contributed by atoms with Crippen molar-refractivity contribution in [2.45, 2.75) is 58.9 Å². The fourth-order valence-corrected chi connectivity index (χ4v) is 4.44. The van der Waals surface area contributed by atoms with E-state index in [1.165, 1.54) is 5.56 Å². The summed E-state index contributed by atoms with van der Waals surface area (Å²) in [4.78, 5) is 17.2. The molecule has 4 aromatic rings. The molecule has 0 radical (unpaired) electrons. The lowest BCUT2D eigenvalue weighted by molar-refractivity contribution is 0.0953. The smallest absolute Gasteiger partial charge is 0.251 e. The SMILES string of the molecule is Cc1cccc(C(=O)NCCCCCc2nc3ccccc3n2CCOc2ccc(C(C)C)cc2)c1. The Labute approximate surface area is 214 Å². The summed E-state index contributed by atoms with van der Waals surface area (Å²) in [5, 5.41) is 3.03. The van der Waals surface area contributed by atoms with Crippen LogP contribution in [0, 0.1) is 6.92 Å². The third-order valence-electron chi connectivity index (χ3n) is 6.51. The molecule has 4 rings (SSSR count). The Morgan fingerprint density at radius 3 is 2.56 bits per heavy atom. The molecular formula is C31H37N3O2. The van der Waals surface area contributed by atoms with E-state index < -0.39 is 0 Å². The molecule has 0 aliphatic carbocycles. The summed E-state index contributed by atoms with van der Waals surface area (Å²) in [5.41, 5.74) is 5.32. The highest BCUT2D eigenvalue weighted by atomic mass is 16.5. The Hall–Kier alpha value is -3.60. The third kappa shape index (κ3) is 6.75. The molecule has 1 heterocycles. The van der Waals surface area contributed by atoms with E-state index in [0.29, 0.717) is 19.1 Å². The van der Waals surface area contributed by atoms with Gasteiger partial charge in [0, 0.05) is 18.5 Å². The highest BCUT2D eigenvalue weighted by molar-refractivity contribution is 5.94. The highest BCUT2D eigenvalue weighted by Crippen LogP contribution is 2.20. The molecule has 0 saturated carbocycles. The topological polar surface area (TPSA) is 56.2 Å². The number of nitrogens with one attached hydrogen (secondary N) is 1. The van der Waals surface area contributed by atoms with Crippen molar-refractivity contribution >= 4 is 16.9 Å². The molecule has 188 valence electrons. The Bertz CT molecular complexity index is 1270. The first-order chi connectivity index (χ1) is 17.5. The maximum atomic E-state index is 12.3. The minimum Gasteiger partial charge on any atom is -0.492 e. The quantitative estimate of drug-likeness (QED) is 0.228. The standard InChI is InChI=1S/C31H37N3O2/c1-23(2)25-15-17-27(18-16-25)36-21-20-34-29-13-7-6-12-28(29)33-30(34)14-5-4-8-19-32-31(35)26-11-9-10-24(3)22-26/h6-7,9-13,15-18,22-23H,4-5,8,14,19-21H2,1-3H3,(H,32,35). The van der Waals surface area contributed by atoms with Gasteiger partial charge in [0.1, 0.15) is 18.2 Å². The van der Waals surface area contributed by atoms with Crippen LogP contribution in [0.4, 0.5) is 0 Å². The van der Waals surface area contributed by atoms with Crippen LogP contribution in [0.1, 0.15) is 66.3 Å². The molecule has 0 aliphatic heterocycles. The number of unbranched alkanes of at least 4 members (excludes halogenated alkanes) is 2. The normalized spacial score (nSPS) is 11.2. The number of carbonyl (C=O) groups excluding carboxylic acids is 1. The van der Waals surface area contributed by atoms with E-state index in [-0.39, 0.29) is 5.91 Å². The van der Waals surface area contributed by atoms with Gasteiger partial charge in [-0.2, -0.15) is 0 Å². The van der Waals surface area contributed by atoms with Crippen molar-refractivity contribution in [3.8, 4) is 5.75 Å². The number of amides is 1. The number of aromatic nitrogens is 2. The summed E-state index contributed by atoms with van der Waals surface area (Å²) in [6.45, 7) is 8.44. The van der Waals surface area contributed by atoms with E-state index in [0.717, 1.165) is 66.0 Å². The van der Waals surface area contributed by atoms with Gasteiger partial charge in [0.05, 0.1) is 17.6 Å². The summed E-state index contributed by atoms with van der Waals surface area (Å²) in [6, 6.07) is 24.4. The van der Waals surface area contributed by atoms with E-state index in [1.54, 1.807) is 0 Å². The van der Waals surface area contributed by atoms with Gasteiger partial charge in [-0.3, -0.25) is 4.79 Å². The molecule has 0 aliphatic rings. The van der Waals surface area contributed by atoms with Gasteiger partial charge in [0.2, 0.25) is 0 Å². The fourth-order valence-electron chi connectivity index (χ4n) is 4.44. The highest BCUT2D eigenvalue weighted by Gasteiger charge is 2.11. The number of fused-ring (bicyclic) bond motifs is 1. The van der Waals surface area contributed by atoms with Crippen molar-refractivity contribution < 1.29 is 9.53 Å². The molecule has 1 N–H and O–H groups in total. The molecule has 5 nitrogen and oxygen atoms in total. The molecule has 0 atom stereocenters. The van der Waals surface area contributed by atoms with Gasteiger partial charge in [0.15, 0.2) is 0 Å². The van der Waals surface area contributed by atoms with Gasteiger partial charge >= 0.3 is 0 Å². The monoisotopic (exact) mass is 483 g/mol. The molecule has 0 bridgehead atoms. The molecule has 1 aromatic heterocycles. The number of rotatable bonds is 12. The molecule has 3 aromatic carbocycles. The predicted molar refractivity (Wildman–Crippen MR) is 147 cm³/mol. The summed E-state index contributed by atoms with van der Waals surface area (Å²) in [6.07, 6.45) is 3.92. The minimum absolute atomic E-state index is 0.000613.